The van der Waals surface area contributed by atoms with Gasteiger partial charge in [-0.05, 0) is 67.2 Å². The molecule has 0 unspecified atom stereocenters. The summed E-state index contributed by atoms with van der Waals surface area (Å²) in [5.41, 5.74) is 3.43. The first-order valence-electron chi connectivity index (χ1n) is 10.8. The Morgan fingerprint density at radius 1 is 1.06 bits per heavy atom. The summed E-state index contributed by atoms with van der Waals surface area (Å²) in [6, 6.07) is 14.1. The highest BCUT2D eigenvalue weighted by molar-refractivity contribution is 6.03. The summed E-state index contributed by atoms with van der Waals surface area (Å²) in [6.45, 7) is 0.756. The Kier molecular flexibility index (Phi) is 5.52. The summed E-state index contributed by atoms with van der Waals surface area (Å²) < 4.78 is 41.0. The lowest BCUT2D eigenvalue weighted by molar-refractivity contribution is -0.137. The van der Waals surface area contributed by atoms with Crippen LogP contribution in [0.5, 0.6) is 0 Å². The van der Waals surface area contributed by atoms with Crippen molar-refractivity contribution >= 4 is 28.5 Å². The molecule has 10 heteroatoms. The van der Waals surface area contributed by atoms with E-state index in [-0.39, 0.29) is 11.6 Å². The van der Waals surface area contributed by atoms with Crippen LogP contribution in [0.1, 0.15) is 21.6 Å². The van der Waals surface area contributed by atoms with Crippen LogP contribution in [0, 0.1) is 0 Å². The predicted molar refractivity (Wildman–Crippen MR) is 127 cm³/mol. The van der Waals surface area contributed by atoms with Gasteiger partial charge in [-0.3, -0.25) is 10.1 Å². The third kappa shape index (κ3) is 4.73. The first kappa shape index (κ1) is 22.6. The molecule has 0 radical (unpaired) electrons. The number of benzene rings is 2. The standard InChI is InChI=1S/C25H21F3N6O/c1-33(2)13-15-8-9-34-14-21(29-22(34)10-15)23(35)32-24-30-19-7-6-17(12-20(19)31-24)16-4-3-5-18(11-16)25(26,27)28/h3-12,14H,13H2,1-2H3,(H2,30,31,32,35). The quantitative estimate of drug-likeness (QED) is 0.364. The predicted octanol–water partition coefficient (Wildman–Crippen LogP) is 5.21. The normalized spacial score (nSPS) is 12.1. The highest BCUT2D eigenvalue weighted by Gasteiger charge is 2.30. The number of rotatable bonds is 5. The maximum Gasteiger partial charge on any atom is 0.416 e. The summed E-state index contributed by atoms with van der Waals surface area (Å²) in [7, 11) is 3.95. The van der Waals surface area contributed by atoms with Gasteiger partial charge in [0.25, 0.3) is 5.91 Å². The van der Waals surface area contributed by atoms with Crippen molar-refractivity contribution in [1.82, 2.24) is 24.3 Å². The number of amides is 1. The number of aromatic nitrogens is 4. The molecule has 178 valence electrons. The number of pyridine rings is 1. The van der Waals surface area contributed by atoms with Crippen LogP contribution >= 0.6 is 0 Å². The Morgan fingerprint density at radius 3 is 2.63 bits per heavy atom. The Balaban J connectivity index is 1.38. The van der Waals surface area contributed by atoms with Gasteiger partial charge >= 0.3 is 6.18 Å². The first-order valence-corrected chi connectivity index (χ1v) is 10.8. The molecular formula is C25H21F3N6O. The van der Waals surface area contributed by atoms with Crippen LogP contribution in [0.15, 0.2) is 67.0 Å². The van der Waals surface area contributed by atoms with E-state index in [0.717, 1.165) is 24.2 Å². The summed E-state index contributed by atoms with van der Waals surface area (Å²) in [4.78, 5) is 26.6. The van der Waals surface area contributed by atoms with E-state index < -0.39 is 17.6 Å². The van der Waals surface area contributed by atoms with E-state index in [9.17, 15) is 18.0 Å². The fourth-order valence-corrected chi connectivity index (χ4v) is 3.89. The largest absolute Gasteiger partial charge is 0.416 e. The third-order valence-corrected chi connectivity index (χ3v) is 5.49. The van der Waals surface area contributed by atoms with E-state index in [0.29, 0.717) is 27.8 Å². The lowest BCUT2D eigenvalue weighted by Gasteiger charge is -2.09. The lowest BCUT2D eigenvalue weighted by Crippen LogP contribution is -2.13. The number of hydrogen-bond donors (Lipinski definition) is 2. The second-order valence-corrected chi connectivity index (χ2v) is 8.51. The number of carbonyl (C=O) groups excluding carboxylic acids is 1. The fourth-order valence-electron chi connectivity index (χ4n) is 3.89. The molecule has 0 aliphatic rings. The van der Waals surface area contributed by atoms with Crippen LogP contribution in [0.4, 0.5) is 19.1 Å². The molecule has 0 atom stereocenters. The average Bonchev–Trinajstić information content (AvgIpc) is 3.40. The number of imidazole rings is 2. The van der Waals surface area contributed by atoms with Gasteiger partial charge in [-0.2, -0.15) is 13.2 Å². The second-order valence-electron chi connectivity index (χ2n) is 8.51. The van der Waals surface area contributed by atoms with Crippen molar-refractivity contribution in [3.63, 3.8) is 0 Å². The third-order valence-electron chi connectivity index (χ3n) is 5.49. The number of anilines is 1. The molecule has 0 saturated carbocycles. The van der Waals surface area contributed by atoms with E-state index in [1.54, 1.807) is 34.9 Å². The van der Waals surface area contributed by atoms with Crippen LogP contribution in [-0.4, -0.2) is 44.3 Å². The SMILES string of the molecule is CN(C)Cc1ccn2cc(C(=O)Nc3nc4ccc(-c5cccc(C(F)(F)F)c5)cc4[nH]3)nc2c1. The van der Waals surface area contributed by atoms with Crippen LogP contribution in [0.25, 0.3) is 27.8 Å². The maximum absolute atomic E-state index is 13.1. The fraction of sp³-hybridized carbons (Fsp3) is 0.160. The Bertz CT molecular complexity index is 1550. The van der Waals surface area contributed by atoms with Crippen molar-refractivity contribution in [3.05, 3.63) is 83.8 Å². The van der Waals surface area contributed by atoms with Crippen molar-refractivity contribution in [3.8, 4) is 11.1 Å². The van der Waals surface area contributed by atoms with Gasteiger partial charge in [0.05, 0.1) is 16.6 Å². The summed E-state index contributed by atoms with van der Waals surface area (Å²) in [6.07, 6.45) is -0.926. The number of fused-ring (bicyclic) bond motifs is 2. The summed E-state index contributed by atoms with van der Waals surface area (Å²) in [5.74, 6) is -0.212. The van der Waals surface area contributed by atoms with E-state index in [4.69, 9.17) is 0 Å². The zero-order chi connectivity index (χ0) is 24.7. The van der Waals surface area contributed by atoms with Crippen LogP contribution < -0.4 is 5.32 Å². The molecule has 3 heterocycles. The minimum atomic E-state index is -4.42. The number of H-pyrrole nitrogens is 1. The topological polar surface area (TPSA) is 78.3 Å². The molecule has 0 fully saturated rings. The van der Waals surface area contributed by atoms with Gasteiger partial charge in [0.15, 0.2) is 0 Å². The van der Waals surface area contributed by atoms with E-state index in [1.165, 1.54) is 6.07 Å². The van der Waals surface area contributed by atoms with E-state index in [1.807, 2.05) is 37.3 Å². The van der Waals surface area contributed by atoms with Gasteiger partial charge in [0.2, 0.25) is 5.95 Å². The molecule has 7 nitrogen and oxygen atoms in total. The molecule has 0 saturated heterocycles. The number of nitrogens with zero attached hydrogens (tertiary/aromatic N) is 4. The summed E-state index contributed by atoms with van der Waals surface area (Å²) in [5, 5.41) is 2.71. The van der Waals surface area contributed by atoms with Crippen LogP contribution in [0.2, 0.25) is 0 Å². The molecule has 0 bridgehead atoms. The molecule has 0 aliphatic heterocycles. The van der Waals surface area contributed by atoms with Gasteiger partial charge in [-0.1, -0.05) is 18.2 Å². The van der Waals surface area contributed by atoms with Gasteiger partial charge in [-0.15, -0.1) is 0 Å². The van der Waals surface area contributed by atoms with Gasteiger partial charge in [0, 0.05) is 18.9 Å². The molecule has 2 N–H and O–H groups in total. The lowest BCUT2D eigenvalue weighted by atomic mass is 10.0. The number of hydrogen-bond acceptors (Lipinski definition) is 4. The second kappa shape index (κ2) is 8.55. The monoisotopic (exact) mass is 478 g/mol. The maximum atomic E-state index is 13.1. The minimum Gasteiger partial charge on any atom is -0.324 e. The molecule has 5 rings (SSSR count). The number of aromatic amines is 1. The highest BCUT2D eigenvalue weighted by Crippen LogP contribution is 2.33. The zero-order valence-electron chi connectivity index (χ0n) is 18.9. The van der Waals surface area contributed by atoms with Crippen molar-refractivity contribution in [1.29, 1.82) is 0 Å². The number of carbonyl (C=O) groups is 1. The number of halogens is 3. The van der Waals surface area contributed by atoms with Crippen LogP contribution in [-0.2, 0) is 12.7 Å². The van der Waals surface area contributed by atoms with Gasteiger partial charge < -0.3 is 14.3 Å². The molecule has 2 aromatic carbocycles. The molecule has 3 aromatic heterocycles. The molecule has 0 spiro atoms. The van der Waals surface area contributed by atoms with Crippen molar-refractivity contribution in [2.75, 3.05) is 19.4 Å². The molecule has 1 amide bonds. The smallest absolute Gasteiger partial charge is 0.324 e. The van der Waals surface area contributed by atoms with E-state index in [2.05, 4.69) is 20.3 Å². The Labute approximate surface area is 198 Å². The van der Waals surface area contributed by atoms with Crippen molar-refractivity contribution in [2.24, 2.45) is 0 Å². The Morgan fingerprint density at radius 2 is 1.86 bits per heavy atom. The average molecular weight is 478 g/mol. The van der Waals surface area contributed by atoms with Crippen molar-refractivity contribution in [2.45, 2.75) is 12.7 Å². The summed E-state index contributed by atoms with van der Waals surface area (Å²) >= 11 is 0. The Hall–Kier alpha value is -4.18. The number of alkyl halides is 3. The zero-order valence-corrected chi connectivity index (χ0v) is 18.9. The van der Waals surface area contributed by atoms with Crippen molar-refractivity contribution < 1.29 is 18.0 Å². The molecule has 5 aromatic rings. The molecule has 35 heavy (non-hydrogen) atoms. The first-order chi connectivity index (χ1) is 16.7. The van der Waals surface area contributed by atoms with E-state index >= 15 is 0 Å². The van der Waals surface area contributed by atoms with Gasteiger partial charge in [0.1, 0.15) is 11.3 Å². The minimum absolute atomic E-state index is 0.219. The molecular weight excluding hydrogens is 457 g/mol. The highest BCUT2D eigenvalue weighted by atomic mass is 19.4. The van der Waals surface area contributed by atoms with Gasteiger partial charge in [-0.25, -0.2) is 9.97 Å². The van der Waals surface area contributed by atoms with Crippen LogP contribution in [0.3, 0.4) is 0 Å². The number of nitrogens with one attached hydrogen (secondary N) is 2. The molecule has 0 aliphatic carbocycles.